The number of ether oxygens (including phenoxy) is 1. The van der Waals surface area contributed by atoms with Gasteiger partial charge in [0.15, 0.2) is 5.43 Å². The van der Waals surface area contributed by atoms with E-state index in [1.54, 1.807) is 4.90 Å². The molecule has 1 saturated heterocycles. The first kappa shape index (κ1) is 22.2. The SMILES string of the molecule is O=C1c2oc3ccc(F)cc3c(=O)c2C(c2ccc([N+](=O)[O-])cc2)N1CCCN1CCOCC1. The first-order valence-corrected chi connectivity index (χ1v) is 11.1. The van der Waals surface area contributed by atoms with Crippen molar-refractivity contribution in [2.24, 2.45) is 0 Å². The first-order chi connectivity index (χ1) is 16.4. The summed E-state index contributed by atoms with van der Waals surface area (Å²) < 4.78 is 25.0. The molecule has 2 aliphatic heterocycles. The Balaban J connectivity index is 1.54. The Labute approximate surface area is 193 Å². The number of carbonyl (C=O) groups excluding carboxylic acids is 1. The Morgan fingerprint density at radius 2 is 1.79 bits per heavy atom. The molecule has 1 atom stereocenters. The summed E-state index contributed by atoms with van der Waals surface area (Å²) in [7, 11) is 0. The van der Waals surface area contributed by atoms with Crippen molar-refractivity contribution in [1.82, 2.24) is 9.80 Å². The topological polar surface area (TPSA) is 106 Å². The molecule has 34 heavy (non-hydrogen) atoms. The van der Waals surface area contributed by atoms with Gasteiger partial charge in [-0.05, 0) is 42.3 Å². The smallest absolute Gasteiger partial charge is 0.290 e. The fourth-order valence-corrected chi connectivity index (χ4v) is 4.64. The zero-order valence-electron chi connectivity index (χ0n) is 18.2. The van der Waals surface area contributed by atoms with Crippen LogP contribution in [-0.2, 0) is 4.74 Å². The van der Waals surface area contributed by atoms with E-state index in [1.807, 2.05) is 0 Å². The molecule has 2 aromatic carbocycles. The van der Waals surface area contributed by atoms with Gasteiger partial charge >= 0.3 is 0 Å². The number of morpholine rings is 1. The van der Waals surface area contributed by atoms with E-state index in [4.69, 9.17) is 9.15 Å². The molecule has 0 spiro atoms. The molecule has 0 saturated carbocycles. The van der Waals surface area contributed by atoms with E-state index < -0.39 is 28.1 Å². The first-order valence-electron chi connectivity index (χ1n) is 11.1. The fraction of sp³-hybridized carbons (Fsp3) is 0.333. The number of hydrogen-bond donors (Lipinski definition) is 0. The van der Waals surface area contributed by atoms with E-state index in [0.717, 1.165) is 25.7 Å². The summed E-state index contributed by atoms with van der Waals surface area (Å²) in [5.41, 5.74) is 0.231. The van der Waals surface area contributed by atoms with Crippen LogP contribution in [0.2, 0.25) is 0 Å². The van der Waals surface area contributed by atoms with E-state index in [2.05, 4.69) is 4.90 Å². The van der Waals surface area contributed by atoms with Crippen LogP contribution in [0.1, 0.15) is 34.1 Å². The number of rotatable bonds is 6. The van der Waals surface area contributed by atoms with Gasteiger partial charge in [0.1, 0.15) is 11.4 Å². The number of nitro groups is 1. The van der Waals surface area contributed by atoms with Gasteiger partial charge in [-0.1, -0.05) is 0 Å². The van der Waals surface area contributed by atoms with Crippen molar-refractivity contribution < 1.29 is 23.3 Å². The van der Waals surface area contributed by atoms with Crippen LogP contribution in [-0.4, -0.2) is 60.0 Å². The van der Waals surface area contributed by atoms with Crippen molar-refractivity contribution in [3.63, 3.8) is 0 Å². The van der Waals surface area contributed by atoms with Crippen LogP contribution < -0.4 is 5.43 Å². The van der Waals surface area contributed by atoms with Gasteiger partial charge in [-0.2, -0.15) is 0 Å². The number of nitrogens with zero attached hydrogens (tertiary/aromatic N) is 3. The molecule has 3 aromatic rings. The number of halogens is 1. The Morgan fingerprint density at radius 3 is 2.50 bits per heavy atom. The highest BCUT2D eigenvalue weighted by Crippen LogP contribution is 2.38. The minimum absolute atomic E-state index is 0.0497. The number of nitro benzene ring substituents is 1. The zero-order chi connectivity index (χ0) is 23.8. The monoisotopic (exact) mass is 467 g/mol. The number of fused-ring (bicyclic) bond motifs is 2. The van der Waals surface area contributed by atoms with Crippen LogP contribution in [0.25, 0.3) is 11.0 Å². The summed E-state index contributed by atoms with van der Waals surface area (Å²) in [5, 5.41) is 11.1. The van der Waals surface area contributed by atoms with Gasteiger partial charge in [-0.3, -0.25) is 24.6 Å². The normalized spacial score (nSPS) is 18.4. The third-order valence-electron chi connectivity index (χ3n) is 6.32. The molecule has 5 rings (SSSR count). The molecule has 1 unspecified atom stereocenters. The zero-order valence-corrected chi connectivity index (χ0v) is 18.2. The molecule has 0 N–H and O–H groups in total. The molecular weight excluding hydrogens is 445 g/mol. The second kappa shape index (κ2) is 8.96. The lowest BCUT2D eigenvalue weighted by Crippen LogP contribution is -2.38. The Kier molecular flexibility index (Phi) is 5.84. The number of non-ortho nitro benzene ring substituents is 1. The van der Waals surface area contributed by atoms with E-state index in [-0.39, 0.29) is 28.0 Å². The fourth-order valence-electron chi connectivity index (χ4n) is 4.64. The molecule has 2 aliphatic rings. The van der Waals surface area contributed by atoms with Crippen LogP contribution in [0, 0.1) is 15.9 Å². The van der Waals surface area contributed by atoms with Crippen molar-refractivity contribution in [3.05, 3.63) is 85.5 Å². The van der Waals surface area contributed by atoms with Gasteiger partial charge in [0.25, 0.3) is 11.6 Å². The van der Waals surface area contributed by atoms with Gasteiger partial charge in [0.05, 0.1) is 35.1 Å². The van der Waals surface area contributed by atoms with Crippen LogP contribution in [0.15, 0.2) is 51.7 Å². The second-order valence-electron chi connectivity index (χ2n) is 8.37. The average molecular weight is 467 g/mol. The summed E-state index contributed by atoms with van der Waals surface area (Å²) in [6.45, 7) is 4.08. The summed E-state index contributed by atoms with van der Waals surface area (Å²) in [6.07, 6.45) is 0.658. The van der Waals surface area contributed by atoms with E-state index >= 15 is 0 Å². The van der Waals surface area contributed by atoms with Crippen molar-refractivity contribution in [2.75, 3.05) is 39.4 Å². The highest BCUT2D eigenvalue weighted by Gasteiger charge is 2.42. The molecule has 1 aromatic heterocycles. The van der Waals surface area contributed by atoms with E-state index in [9.17, 15) is 24.1 Å². The molecule has 0 radical (unpaired) electrons. The summed E-state index contributed by atoms with van der Waals surface area (Å²) in [5.74, 6) is -1.08. The maximum Gasteiger partial charge on any atom is 0.290 e. The minimum atomic E-state index is -0.781. The molecule has 0 bridgehead atoms. The van der Waals surface area contributed by atoms with Crippen LogP contribution in [0.5, 0.6) is 0 Å². The Morgan fingerprint density at radius 1 is 1.06 bits per heavy atom. The maximum atomic E-state index is 13.9. The predicted molar refractivity (Wildman–Crippen MR) is 120 cm³/mol. The van der Waals surface area contributed by atoms with Gasteiger partial charge in [0.2, 0.25) is 5.76 Å². The van der Waals surface area contributed by atoms with E-state index in [0.29, 0.717) is 31.7 Å². The second-order valence-corrected chi connectivity index (χ2v) is 8.37. The molecule has 176 valence electrons. The largest absolute Gasteiger partial charge is 0.450 e. The summed E-state index contributed by atoms with van der Waals surface area (Å²) >= 11 is 0. The van der Waals surface area contributed by atoms with Gasteiger partial charge in [-0.15, -0.1) is 0 Å². The van der Waals surface area contributed by atoms with Crippen LogP contribution >= 0.6 is 0 Å². The molecule has 10 heteroatoms. The van der Waals surface area contributed by atoms with Gasteiger partial charge in [0, 0.05) is 38.3 Å². The third-order valence-corrected chi connectivity index (χ3v) is 6.32. The lowest BCUT2D eigenvalue weighted by Gasteiger charge is -2.29. The predicted octanol–water partition coefficient (Wildman–Crippen LogP) is 3.11. The Bertz CT molecular complexity index is 1320. The summed E-state index contributed by atoms with van der Waals surface area (Å²) in [6, 6.07) is 8.58. The van der Waals surface area contributed by atoms with E-state index in [1.165, 1.54) is 36.4 Å². The minimum Gasteiger partial charge on any atom is -0.450 e. The molecular formula is C24H22FN3O6. The number of amides is 1. The van der Waals surface area contributed by atoms with Crippen LogP contribution in [0.4, 0.5) is 10.1 Å². The Hall–Kier alpha value is -3.63. The molecule has 1 fully saturated rings. The highest BCUT2D eigenvalue weighted by molar-refractivity contribution is 5.99. The quantitative estimate of drug-likeness (QED) is 0.405. The van der Waals surface area contributed by atoms with Crippen molar-refractivity contribution >= 4 is 22.6 Å². The van der Waals surface area contributed by atoms with Gasteiger partial charge in [-0.25, -0.2) is 4.39 Å². The number of hydrogen-bond acceptors (Lipinski definition) is 7. The standard InChI is InChI=1S/C24H22FN3O6/c25-16-4-7-19-18(14-16)22(29)20-21(15-2-5-17(6-3-15)28(31)32)27(24(30)23(20)34-19)9-1-8-26-10-12-33-13-11-26/h2-7,14,21H,1,8-13H2. The molecule has 0 aliphatic carbocycles. The molecule has 9 nitrogen and oxygen atoms in total. The van der Waals surface area contributed by atoms with Gasteiger partial charge < -0.3 is 14.1 Å². The average Bonchev–Trinajstić information content (AvgIpc) is 3.12. The van der Waals surface area contributed by atoms with Crippen molar-refractivity contribution in [1.29, 1.82) is 0 Å². The highest BCUT2D eigenvalue weighted by atomic mass is 19.1. The number of carbonyl (C=O) groups is 1. The van der Waals surface area contributed by atoms with Crippen LogP contribution in [0.3, 0.4) is 0 Å². The number of benzene rings is 2. The maximum absolute atomic E-state index is 13.9. The summed E-state index contributed by atoms with van der Waals surface area (Å²) in [4.78, 5) is 41.2. The third kappa shape index (κ3) is 3.95. The lowest BCUT2D eigenvalue weighted by molar-refractivity contribution is -0.384. The molecule has 1 amide bonds. The van der Waals surface area contributed by atoms with Crippen molar-refractivity contribution in [2.45, 2.75) is 12.5 Å². The lowest BCUT2D eigenvalue weighted by atomic mass is 9.98. The van der Waals surface area contributed by atoms with Crippen molar-refractivity contribution in [3.8, 4) is 0 Å². The molecule has 3 heterocycles.